The molecule has 6 N–H and O–H groups in total. The number of hydrogen-bond donors (Lipinski definition) is 5. The fraction of sp³-hybridized carbons (Fsp3) is 0.143. The lowest BCUT2D eigenvalue weighted by molar-refractivity contribution is 0.381. The normalized spacial score (nSPS) is 19.0. The van der Waals surface area contributed by atoms with E-state index < -0.39 is 5.79 Å². The number of H-pyrrole nitrogens is 2. The summed E-state index contributed by atoms with van der Waals surface area (Å²) in [5.41, 5.74) is 11.9. The maximum Gasteiger partial charge on any atom is 0.187 e. The Morgan fingerprint density at radius 3 is 2.89 bits per heavy atom. The van der Waals surface area contributed by atoms with Gasteiger partial charge in [0.05, 0.1) is 11.7 Å². The number of aryl methyl sites for hydroxylation is 1. The van der Waals surface area contributed by atoms with Crippen LogP contribution in [-0.4, -0.2) is 27.2 Å². The first-order chi connectivity index (χ1) is 13.6. The second-order valence-electron chi connectivity index (χ2n) is 7.26. The van der Waals surface area contributed by atoms with Gasteiger partial charge in [-0.25, -0.2) is 0 Å². The number of benzene rings is 2. The lowest BCUT2D eigenvalue weighted by Crippen LogP contribution is -2.55. The summed E-state index contributed by atoms with van der Waals surface area (Å²) in [5, 5.41) is 16.0. The van der Waals surface area contributed by atoms with E-state index >= 15 is 0 Å². The number of aromatic amines is 2. The number of aliphatic imine (C=N–C) groups is 1. The van der Waals surface area contributed by atoms with Crippen molar-refractivity contribution in [1.29, 1.82) is 0 Å². The van der Waals surface area contributed by atoms with Gasteiger partial charge in [0.2, 0.25) is 0 Å². The molecule has 1 atom stereocenters. The molecule has 7 heteroatoms. The first kappa shape index (κ1) is 16.6. The molecule has 28 heavy (non-hydrogen) atoms. The molecule has 1 aliphatic heterocycles. The third kappa shape index (κ3) is 3.12. The summed E-state index contributed by atoms with van der Waals surface area (Å²) in [6.45, 7) is 2.05. The van der Waals surface area contributed by atoms with Crippen LogP contribution in [0, 0.1) is 6.92 Å². The van der Waals surface area contributed by atoms with Crippen molar-refractivity contribution in [2.45, 2.75) is 19.1 Å². The van der Waals surface area contributed by atoms with Crippen LogP contribution in [0.25, 0.3) is 21.8 Å². The number of rotatable bonds is 4. The van der Waals surface area contributed by atoms with Crippen molar-refractivity contribution < 1.29 is 0 Å². The van der Waals surface area contributed by atoms with Gasteiger partial charge in [0.15, 0.2) is 5.79 Å². The average Bonchev–Trinajstić information content (AvgIpc) is 3.26. The molecule has 140 valence electrons. The number of fused-ring (bicyclic) bond motifs is 2. The second-order valence-corrected chi connectivity index (χ2v) is 7.26. The standard InChI is InChI=1S/C21H21N7/c1-13-8-15-10-17(3-5-18(15)25-13)26-20-6-7-23-21(22,27-20)11-14-2-4-19-16(9-14)12-24-28-19/h2-10,12,25-27H,11,22H2,1H3,(H,24,28). The lowest BCUT2D eigenvalue weighted by atomic mass is 10.0. The van der Waals surface area contributed by atoms with E-state index in [9.17, 15) is 0 Å². The molecule has 0 radical (unpaired) electrons. The molecule has 7 nitrogen and oxygen atoms in total. The summed E-state index contributed by atoms with van der Waals surface area (Å²) in [6.07, 6.45) is 6.00. The van der Waals surface area contributed by atoms with E-state index in [4.69, 9.17) is 5.73 Å². The number of nitrogens with zero attached hydrogens (tertiary/aromatic N) is 2. The van der Waals surface area contributed by atoms with E-state index in [1.165, 1.54) is 5.39 Å². The van der Waals surface area contributed by atoms with Crippen LogP contribution in [0.5, 0.6) is 0 Å². The topological polar surface area (TPSA) is 107 Å². The highest BCUT2D eigenvalue weighted by atomic mass is 15.3. The predicted octanol–water partition coefficient (Wildman–Crippen LogP) is 3.14. The Morgan fingerprint density at radius 1 is 1.07 bits per heavy atom. The molecule has 0 spiro atoms. The van der Waals surface area contributed by atoms with E-state index in [0.29, 0.717) is 6.42 Å². The molecule has 1 aliphatic rings. The summed E-state index contributed by atoms with van der Waals surface area (Å²) >= 11 is 0. The Hall–Kier alpha value is -3.58. The fourth-order valence-corrected chi connectivity index (χ4v) is 3.64. The number of hydrogen-bond acceptors (Lipinski definition) is 5. The minimum Gasteiger partial charge on any atom is -0.359 e. The number of allylic oxidation sites excluding steroid dienone is 1. The van der Waals surface area contributed by atoms with Crippen LogP contribution in [0.15, 0.2) is 65.6 Å². The maximum atomic E-state index is 6.53. The molecule has 0 aliphatic carbocycles. The van der Waals surface area contributed by atoms with Crippen molar-refractivity contribution in [2.24, 2.45) is 10.7 Å². The van der Waals surface area contributed by atoms with Gasteiger partial charge in [0, 0.05) is 40.3 Å². The Bertz CT molecular complexity index is 1230. The molecule has 0 saturated heterocycles. The summed E-state index contributed by atoms with van der Waals surface area (Å²) in [5.74, 6) is -0.1000. The smallest absolute Gasteiger partial charge is 0.187 e. The van der Waals surface area contributed by atoms with Gasteiger partial charge in [-0.05, 0) is 55.0 Å². The fourth-order valence-electron chi connectivity index (χ4n) is 3.64. The zero-order valence-corrected chi connectivity index (χ0v) is 15.5. The maximum absolute atomic E-state index is 6.53. The quantitative estimate of drug-likeness (QED) is 0.380. The number of nitrogens with two attached hydrogens (primary N) is 1. The monoisotopic (exact) mass is 371 g/mol. The zero-order valence-electron chi connectivity index (χ0n) is 15.5. The summed E-state index contributed by atoms with van der Waals surface area (Å²) < 4.78 is 0. The number of nitrogens with one attached hydrogen (secondary N) is 4. The van der Waals surface area contributed by atoms with E-state index in [0.717, 1.165) is 39.2 Å². The highest BCUT2D eigenvalue weighted by molar-refractivity contribution is 5.84. The third-order valence-corrected chi connectivity index (χ3v) is 4.91. The molecule has 1 unspecified atom stereocenters. The SMILES string of the molecule is Cc1cc2cc(NC3=CC=NC(N)(Cc4ccc5[nH]ncc5c4)N3)ccc2[nH]1. The van der Waals surface area contributed by atoms with Crippen LogP contribution >= 0.6 is 0 Å². The molecule has 0 amide bonds. The average molecular weight is 371 g/mol. The highest BCUT2D eigenvalue weighted by Crippen LogP contribution is 2.22. The van der Waals surface area contributed by atoms with Gasteiger partial charge < -0.3 is 15.6 Å². The zero-order chi connectivity index (χ0) is 19.1. The van der Waals surface area contributed by atoms with Crippen LogP contribution in [0.4, 0.5) is 5.69 Å². The van der Waals surface area contributed by atoms with Crippen molar-refractivity contribution in [3.05, 3.63) is 71.8 Å². The first-order valence-electron chi connectivity index (χ1n) is 9.17. The van der Waals surface area contributed by atoms with Crippen LogP contribution in [0.2, 0.25) is 0 Å². The van der Waals surface area contributed by atoms with Crippen LogP contribution in [-0.2, 0) is 6.42 Å². The van der Waals surface area contributed by atoms with Crippen LogP contribution in [0.3, 0.4) is 0 Å². The summed E-state index contributed by atoms with van der Waals surface area (Å²) in [7, 11) is 0. The predicted molar refractivity (Wildman–Crippen MR) is 113 cm³/mol. The Labute approximate surface area is 161 Å². The molecule has 2 aromatic carbocycles. The molecule has 2 aromatic heterocycles. The number of anilines is 1. The second kappa shape index (κ2) is 6.24. The summed E-state index contributed by atoms with van der Waals surface area (Å²) in [6, 6.07) is 14.5. The van der Waals surface area contributed by atoms with Gasteiger partial charge in [-0.15, -0.1) is 0 Å². The van der Waals surface area contributed by atoms with Crippen molar-refractivity contribution in [3.8, 4) is 0 Å². The van der Waals surface area contributed by atoms with E-state index in [1.54, 1.807) is 6.21 Å². The Kier molecular flexibility index (Phi) is 3.70. The van der Waals surface area contributed by atoms with Crippen LogP contribution < -0.4 is 16.4 Å². The van der Waals surface area contributed by atoms with Crippen molar-refractivity contribution >= 4 is 33.7 Å². The molecule has 3 heterocycles. The minimum absolute atomic E-state index is 0.555. The van der Waals surface area contributed by atoms with Gasteiger partial charge in [-0.2, -0.15) is 5.10 Å². The van der Waals surface area contributed by atoms with Crippen molar-refractivity contribution in [1.82, 2.24) is 20.5 Å². The van der Waals surface area contributed by atoms with E-state index in [1.807, 2.05) is 30.5 Å². The molecule has 0 fully saturated rings. The van der Waals surface area contributed by atoms with Gasteiger partial charge in [-0.3, -0.25) is 15.8 Å². The summed E-state index contributed by atoms with van der Waals surface area (Å²) in [4.78, 5) is 7.80. The molecular weight excluding hydrogens is 350 g/mol. The Balaban J connectivity index is 1.34. The highest BCUT2D eigenvalue weighted by Gasteiger charge is 2.26. The van der Waals surface area contributed by atoms with Gasteiger partial charge in [0.25, 0.3) is 0 Å². The number of aromatic nitrogens is 3. The molecule has 0 bridgehead atoms. The molecule has 4 aromatic rings. The van der Waals surface area contributed by atoms with E-state index in [2.05, 4.69) is 62.0 Å². The van der Waals surface area contributed by atoms with Gasteiger partial charge in [0.1, 0.15) is 5.82 Å². The minimum atomic E-state index is -0.913. The van der Waals surface area contributed by atoms with Crippen molar-refractivity contribution in [3.63, 3.8) is 0 Å². The van der Waals surface area contributed by atoms with Crippen LogP contribution in [0.1, 0.15) is 11.3 Å². The van der Waals surface area contributed by atoms with E-state index in [-0.39, 0.29) is 0 Å². The van der Waals surface area contributed by atoms with Crippen molar-refractivity contribution in [2.75, 3.05) is 5.32 Å². The molecule has 0 saturated carbocycles. The molecular formula is C21H21N7. The largest absolute Gasteiger partial charge is 0.359 e. The van der Waals surface area contributed by atoms with Gasteiger partial charge in [-0.1, -0.05) is 6.07 Å². The lowest BCUT2D eigenvalue weighted by Gasteiger charge is -2.31. The van der Waals surface area contributed by atoms with Gasteiger partial charge >= 0.3 is 0 Å². The Morgan fingerprint density at radius 2 is 1.96 bits per heavy atom. The first-order valence-corrected chi connectivity index (χ1v) is 9.17. The third-order valence-electron chi connectivity index (χ3n) is 4.91. The molecule has 5 rings (SSSR count).